The van der Waals surface area contributed by atoms with Crippen molar-refractivity contribution in [2.45, 2.75) is 12.5 Å². The van der Waals surface area contributed by atoms with Crippen molar-refractivity contribution in [2.75, 3.05) is 11.1 Å². The third-order valence-electron chi connectivity index (χ3n) is 5.89. The summed E-state index contributed by atoms with van der Waals surface area (Å²) in [5, 5.41) is 4.36. The smallest absolute Gasteiger partial charge is 0.359 e. The Morgan fingerprint density at radius 2 is 1.88 bits per heavy atom. The minimum atomic E-state index is -0.452. The molecule has 0 saturated carbocycles. The second kappa shape index (κ2) is 7.56. The van der Waals surface area contributed by atoms with E-state index in [0.29, 0.717) is 29.3 Å². The van der Waals surface area contributed by atoms with Crippen molar-refractivity contribution in [1.29, 1.82) is 0 Å². The van der Waals surface area contributed by atoms with Gasteiger partial charge in [0.1, 0.15) is 17.7 Å². The van der Waals surface area contributed by atoms with Crippen molar-refractivity contribution in [3.63, 3.8) is 0 Å². The summed E-state index contributed by atoms with van der Waals surface area (Å²) in [6.07, 6.45) is 5.61. The first-order chi connectivity index (χ1) is 16.2. The van der Waals surface area contributed by atoms with E-state index >= 15 is 0 Å². The van der Waals surface area contributed by atoms with Crippen molar-refractivity contribution in [1.82, 2.24) is 9.97 Å². The van der Waals surface area contributed by atoms with Crippen LogP contribution in [0.2, 0.25) is 0 Å². The van der Waals surface area contributed by atoms with Gasteiger partial charge in [-0.3, -0.25) is 10.3 Å². The van der Waals surface area contributed by atoms with Crippen molar-refractivity contribution in [3.8, 4) is 22.5 Å². The lowest BCUT2D eigenvalue weighted by molar-refractivity contribution is -0.551. The number of anilines is 2. The van der Waals surface area contributed by atoms with E-state index < -0.39 is 6.04 Å². The largest absolute Gasteiger partial charge is 0.469 e. The lowest BCUT2D eigenvalue weighted by Gasteiger charge is -2.09. The van der Waals surface area contributed by atoms with Crippen LogP contribution in [0.4, 0.5) is 11.5 Å². The van der Waals surface area contributed by atoms with Crippen LogP contribution >= 0.6 is 0 Å². The first-order valence-corrected chi connectivity index (χ1v) is 10.7. The zero-order valence-electron chi connectivity index (χ0n) is 17.6. The Morgan fingerprint density at radius 3 is 2.70 bits per heavy atom. The number of pyridine rings is 1. The lowest BCUT2D eigenvalue weighted by atomic mass is 10.0. The average molecular weight is 434 g/mol. The first-order valence-electron chi connectivity index (χ1n) is 10.7. The van der Waals surface area contributed by atoms with Gasteiger partial charge in [0.25, 0.3) is 0 Å². The maximum atomic E-state index is 13.4. The molecule has 4 heterocycles. The molecule has 0 radical (unpaired) electrons. The highest BCUT2D eigenvalue weighted by atomic mass is 16.3. The molecule has 0 fully saturated rings. The molecule has 33 heavy (non-hydrogen) atoms. The Balaban J connectivity index is 1.55. The number of nitrogens with two attached hydrogens (primary N) is 1. The second-order valence-corrected chi connectivity index (χ2v) is 8.01. The normalized spacial score (nSPS) is 14.9. The van der Waals surface area contributed by atoms with E-state index in [1.54, 1.807) is 23.2 Å². The monoisotopic (exact) mass is 434 g/mol. The summed E-state index contributed by atoms with van der Waals surface area (Å²) in [6, 6.07) is 20.6. The summed E-state index contributed by atoms with van der Waals surface area (Å²) < 4.78 is 7.15. The summed E-state index contributed by atoms with van der Waals surface area (Å²) in [4.78, 5) is 22.9. The summed E-state index contributed by atoms with van der Waals surface area (Å²) >= 11 is 0. The average Bonchev–Trinajstić information content (AvgIpc) is 3.47. The number of furan rings is 1. The fraction of sp³-hybridized carbons (Fsp3) is 0.0769. The number of hydrogen-bond donors (Lipinski definition) is 2. The summed E-state index contributed by atoms with van der Waals surface area (Å²) in [5.74, 6) is 1.35. The van der Waals surface area contributed by atoms with Gasteiger partial charge in [0.2, 0.25) is 6.04 Å². The highest BCUT2D eigenvalue weighted by Crippen LogP contribution is 2.34. The highest BCUT2D eigenvalue weighted by Gasteiger charge is 2.42. The maximum Gasteiger partial charge on any atom is 0.359 e. The number of carbonyl (C=O) groups is 1. The molecule has 1 unspecified atom stereocenters. The fourth-order valence-electron chi connectivity index (χ4n) is 4.26. The molecule has 0 aliphatic carbocycles. The number of nitrogens with one attached hydrogen (secondary N) is 1. The molecular formula is C26H20N5O2+. The number of benzene rings is 2. The van der Waals surface area contributed by atoms with Crippen LogP contribution in [0.5, 0.6) is 0 Å². The van der Waals surface area contributed by atoms with E-state index in [2.05, 4.69) is 10.3 Å². The second-order valence-electron chi connectivity index (χ2n) is 8.01. The van der Waals surface area contributed by atoms with Gasteiger partial charge in [0.15, 0.2) is 5.69 Å². The maximum absolute atomic E-state index is 13.4. The molecular weight excluding hydrogens is 414 g/mol. The van der Waals surface area contributed by atoms with Gasteiger partial charge in [-0.2, -0.15) is 4.57 Å². The Hall–Kier alpha value is -4.52. The van der Waals surface area contributed by atoms with Gasteiger partial charge in [-0.15, -0.1) is 0 Å². The lowest BCUT2D eigenvalue weighted by Crippen LogP contribution is -2.43. The van der Waals surface area contributed by atoms with Crippen LogP contribution in [0.25, 0.3) is 33.4 Å². The molecule has 5 aromatic rings. The third-order valence-corrected chi connectivity index (χ3v) is 5.89. The fourth-order valence-corrected chi connectivity index (χ4v) is 4.26. The van der Waals surface area contributed by atoms with Crippen LogP contribution in [0.1, 0.15) is 10.6 Å². The molecule has 0 spiro atoms. The number of aromatic nitrogens is 3. The van der Waals surface area contributed by atoms with Gasteiger partial charge < -0.3 is 10.2 Å². The Bertz CT molecular complexity index is 1490. The molecule has 7 nitrogen and oxygen atoms in total. The van der Waals surface area contributed by atoms with E-state index in [1.807, 2.05) is 66.7 Å². The van der Waals surface area contributed by atoms with Crippen molar-refractivity contribution in [3.05, 3.63) is 91.1 Å². The van der Waals surface area contributed by atoms with Crippen LogP contribution < -0.4 is 15.6 Å². The number of rotatable bonds is 4. The number of nitrogens with zero attached hydrogens (tertiary/aromatic N) is 3. The van der Waals surface area contributed by atoms with Crippen LogP contribution in [0, 0.1) is 0 Å². The SMILES string of the molecule is Nc1ccc(-c2c[n+]3c(c(-c4ccnc5ccccc45)n2)NC(Cc2ccco2)C3=O)cc1. The van der Waals surface area contributed by atoms with Crippen LogP contribution in [0.15, 0.2) is 89.8 Å². The molecule has 7 heteroatoms. The summed E-state index contributed by atoms with van der Waals surface area (Å²) in [7, 11) is 0. The highest BCUT2D eigenvalue weighted by molar-refractivity contribution is 5.97. The summed E-state index contributed by atoms with van der Waals surface area (Å²) in [6.45, 7) is 0. The molecule has 0 amide bonds. The van der Waals surface area contributed by atoms with E-state index in [-0.39, 0.29) is 5.91 Å². The predicted octanol–water partition coefficient (Wildman–Crippen LogP) is 4.10. The molecule has 6 rings (SSSR count). The Kier molecular flexibility index (Phi) is 4.40. The molecule has 3 N–H and O–H groups in total. The van der Waals surface area contributed by atoms with Crippen LogP contribution in [-0.2, 0) is 6.42 Å². The van der Waals surface area contributed by atoms with Crippen LogP contribution in [0.3, 0.4) is 0 Å². The molecule has 3 aromatic heterocycles. The molecule has 160 valence electrons. The van der Waals surface area contributed by atoms with Gasteiger partial charge in [-0.1, -0.05) is 30.3 Å². The van der Waals surface area contributed by atoms with Crippen molar-refractivity contribution in [2.24, 2.45) is 0 Å². The Morgan fingerprint density at radius 1 is 1.03 bits per heavy atom. The van der Waals surface area contributed by atoms with Gasteiger partial charge in [0, 0.05) is 28.4 Å². The molecule has 0 saturated heterocycles. The third kappa shape index (κ3) is 3.30. The van der Waals surface area contributed by atoms with E-state index in [4.69, 9.17) is 15.1 Å². The minimum Gasteiger partial charge on any atom is -0.469 e. The topological polar surface area (TPSA) is 97.9 Å². The quantitative estimate of drug-likeness (QED) is 0.326. The van der Waals surface area contributed by atoms with Gasteiger partial charge >= 0.3 is 11.7 Å². The number of para-hydroxylation sites is 1. The standard InChI is InChI=1S/C26H19N5O2/c27-17-9-7-16(8-10-17)23-15-31-25(30-22(26(31)32)14-18-4-3-13-33-18)24(29-23)20-11-12-28-21-6-2-1-5-19(20)21/h1-13,15,22H,14,27H2/p+1. The van der Waals surface area contributed by atoms with Gasteiger partial charge in [-0.25, -0.2) is 9.78 Å². The Labute approximate surface area is 189 Å². The van der Waals surface area contributed by atoms with Gasteiger partial charge in [-0.05, 0) is 36.4 Å². The molecule has 2 aromatic carbocycles. The predicted molar refractivity (Wildman–Crippen MR) is 125 cm³/mol. The number of fused-ring (bicyclic) bond motifs is 2. The number of carbonyl (C=O) groups excluding carboxylic acids is 1. The van der Waals surface area contributed by atoms with E-state index in [1.165, 1.54) is 0 Å². The molecule has 1 atom stereocenters. The zero-order valence-corrected chi connectivity index (χ0v) is 17.6. The van der Waals surface area contributed by atoms with E-state index in [9.17, 15) is 4.79 Å². The van der Waals surface area contributed by atoms with E-state index in [0.717, 1.165) is 27.8 Å². The summed E-state index contributed by atoms with van der Waals surface area (Å²) in [5.41, 5.74) is 10.6. The minimum absolute atomic E-state index is 0.0555. The van der Waals surface area contributed by atoms with Crippen molar-refractivity contribution < 1.29 is 13.8 Å². The van der Waals surface area contributed by atoms with Crippen molar-refractivity contribution >= 4 is 28.3 Å². The van der Waals surface area contributed by atoms with Crippen LogP contribution in [-0.4, -0.2) is 21.9 Å². The zero-order chi connectivity index (χ0) is 22.4. The molecule has 0 bridgehead atoms. The molecule has 1 aliphatic rings. The number of nitrogen functional groups attached to an aromatic ring is 1. The molecule has 1 aliphatic heterocycles. The van der Waals surface area contributed by atoms with Gasteiger partial charge in [0.05, 0.1) is 18.2 Å². The number of hydrogen-bond acceptors (Lipinski definition) is 6. The first kappa shape index (κ1) is 19.2.